The maximum Gasteiger partial charge on any atom is 0.243 e. The number of amides is 2. The number of H-pyrrole nitrogens is 1. The highest BCUT2D eigenvalue weighted by atomic mass is 16.5. The molecule has 0 fully saturated rings. The van der Waals surface area contributed by atoms with E-state index in [2.05, 4.69) is 29.5 Å². The molecule has 3 N–H and O–H groups in total. The van der Waals surface area contributed by atoms with Crippen LogP contribution >= 0.6 is 0 Å². The number of nitrogens with zero attached hydrogens (tertiary/aromatic N) is 1. The van der Waals surface area contributed by atoms with Gasteiger partial charge in [0.05, 0.1) is 6.04 Å². The van der Waals surface area contributed by atoms with Gasteiger partial charge in [-0.15, -0.1) is 0 Å². The highest BCUT2D eigenvalue weighted by Gasteiger charge is 2.30. The molecule has 3 aromatic rings. The van der Waals surface area contributed by atoms with Gasteiger partial charge in [-0.25, -0.2) is 0 Å². The Hall–Kier alpha value is -3.58. The number of likely N-dealkylation sites (N-methyl/N-ethyl adjacent to an activating group) is 1. The average molecular weight is 533 g/mol. The third-order valence-electron chi connectivity index (χ3n) is 6.35. The molecule has 0 spiro atoms. The van der Waals surface area contributed by atoms with Crippen molar-refractivity contribution >= 4 is 11.8 Å². The predicted octanol–water partition coefficient (Wildman–Crippen LogP) is 5.08. The van der Waals surface area contributed by atoms with Gasteiger partial charge in [-0.3, -0.25) is 14.5 Å². The van der Waals surface area contributed by atoms with Crippen molar-refractivity contribution < 1.29 is 14.3 Å². The number of carbonyl (C=O) groups is 2. The summed E-state index contributed by atoms with van der Waals surface area (Å²) in [6.07, 6.45) is 2.94. The number of aromatic amines is 1. The van der Waals surface area contributed by atoms with Crippen molar-refractivity contribution in [1.82, 2.24) is 20.5 Å². The smallest absolute Gasteiger partial charge is 0.243 e. The predicted molar refractivity (Wildman–Crippen MR) is 156 cm³/mol. The number of hydrogen-bond donors (Lipinski definition) is 3. The van der Waals surface area contributed by atoms with Gasteiger partial charge < -0.3 is 20.4 Å². The Bertz CT molecular complexity index is 1150. The Morgan fingerprint density at radius 3 is 2.21 bits per heavy atom. The zero-order valence-electron chi connectivity index (χ0n) is 24.2. The van der Waals surface area contributed by atoms with Gasteiger partial charge in [0.1, 0.15) is 18.4 Å². The number of ether oxygens (including phenoxy) is 1. The number of nitrogens with one attached hydrogen (secondary N) is 3. The lowest BCUT2D eigenvalue weighted by Gasteiger charge is -2.31. The third-order valence-corrected chi connectivity index (χ3v) is 6.35. The van der Waals surface area contributed by atoms with Gasteiger partial charge in [-0.05, 0) is 75.5 Å². The molecule has 0 aliphatic heterocycles. The first-order chi connectivity index (χ1) is 18.5. The Morgan fingerprint density at radius 2 is 1.62 bits per heavy atom. The van der Waals surface area contributed by atoms with Gasteiger partial charge in [0.15, 0.2) is 0 Å². The molecular formula is C32H44N4O3. The Balaban J connectivity index is 1.72. The quantitative estimate of drug-likeness (QED) is 0.287. The zero-order valence-corrected chi connectivity index (χ0v) is 24.2. The Morgan fingerprint density at radius 1 is 0.923 bits per heavy atom. The summed E-state index contributed by atoms with van der Waals surface area (Å²) >= 11 is 0. The third kappa shape index (κ3) is 10.2. The van der Waals surface area contributed by atoms with Crippen molar-refractivity contribution in [1.29, 1.82) is 0 Å². The first-order valence-corrected chi connectivity index (χ1v) is 13.7. The molecule has 0 bridgehead atoms. The summed E-state index contributed by atoms with van der Waals surface area (Å²) in [6.45, 7) is 11.1. The van der Waals surface area contributed by atoms with E-state index in [-0.39, 0.29) is 17.9 Å². The first-order valence-electron chi connectivity index (χ1n) is 13.7. The molecule has 3 rings (SSSR count). The van der Waals surface area contributed by atoms with E-state index in [1.54, 1.807) is 0 Å². The molecule has 39 heavy (non-hydrogen) atoms. The van der Waals surface area contributed by atoms with Crippen molar-refractivity contribution in [2.45, 2.75) is 78.2 Å². The number of carbonyl (C=O) groups excluding carboxylic acids is 2. The molecule has 0 radical (unpaired) electrons. The van der Waals surface area contributed by atoms with Crippen LogP contribution in [0.1, 0.15) is 57.9 Å². The van der Waals surface area contributed by atoms with Gasteiger partial charge in [0, 0.05) is 30.4 Å². The van der Waals surface area contributed by atoms with E-state index in [4.69, 9.17) is 4.74 Å². The van der Waals surface area contributed by atoms with Crippen LogP contribution in [0.2, 0.25) is 0 Å². The van der Waals surface area contributed by atoms with Crippen LogP contribution < -0.4 is 15.4 Å². The van der Waals surface area contributed by atoms with Crippen molar-refractivity contribution in [3.05, 3.63) is 89.7 Å². The minimum atomic E-state index is -0.707. The molecule has 7 nitrogen and oxygen atoms in total. The van der Waals surface area contributed by atoms with E-state index in [0.29, 0.717) is 31.9 Å². The Kier molecular flexibility index (Phi) is 10.8. The van der Waals surface area contributed by atoms with Gasteiger partial charge in [0.25, 0.3) is 0 Å². The molecule has 0 saturated heterocycles. The standard InChI is InChI=1S/C32H44N4O3/c1-23(2)19-29(36(6)21-26-13-10-18-33-26)31(38)34-28(30(37)35-32(3,4)5)20-24-14-16-27(17-15-24)39-22-25-11-8-7-9-12-25/h7-18,23,28-29,33H,19-22H2,1-6H3,(H,34,38)(H,35,37)/t28-,29-/m0/s1. The Labute approximate surface area is 233 Å². The molecule has 2 atom stereocenters. The minimum Gasteiger partial charge on any atom is -0.489 e. The minimum absolute atomic E-state index is 0.144. The molecule has 2 amide bonds. The molecule has 0 saturated carbocycles. The second kappa shape index (κ2) is 14.0. The fraction of sp³-hybridized carbons (Fsp3) is 0.438. The largest absolute Gasteiger partial charge is 0.489 e. The summed E-state index contributed by atoms with van der Waals surface area (Å²) in [6, 6.07) is 20.6. The summed E-state index contributed by atoms with van der Waals surface area (Å²) in [5.41, 5.74) is 2.66. The van der Waals surface area contributed by atoms with Gasteiger partial charge in [-0.1, -0.05) is 56.3 Å². The van der Waals surface area contributed by atoms with E-state index >= 15 is 0 Å². The maximum atomic E-state index is 13.6. The molecule has 0 aliphatic carbocycles. The van der Waals surface area contributed by atoms with E-state index in [9.17, 15) is 9.59 Å². The SMILES string of the molecule is CC(C)C[C@@H](C(=O)N[C@@H](Cc1ccc(OCc2ccccc2)cc1)C(=O)NC(C)(C)C)N(C)Cc1ccc[nH]1. The molecule has 7 heteroatoms. The summed E-state index contributed by atoms with van der Waals surface area (Å²) in [5.74, 6) is 0.729. The number of aromatic nitrogens is 1. The second-order valence-corrected chi connectivity index (χ2v) is 11.7. The number of rotatable bonds is 13. The highest BCUT2D eigenvalue weighted by Crippen LogP contribution is 2.17. The van der Waals surface area contributed by atoms with Crippen LogP contribution in [-0.2, 0) is 29.2 Å². The van der Waals surface area contributed by atoms with Crippen molar-refractivity contribution in [2.75, 3.05) is 7.05 Å². The molecular weight excluding hydrogens is 488 g/mol. The summed E-state index contributed by atoms with van der Waals surface area (Å²) in [4.78, 5) is 32.2. The van der Waals surface area contributed by atoms with Crippen LogP contribution in [0.15, 0.2) is 72.9 Å². The number of benzene rings is 2. The topological polar surface area (TPSA) is 86.5 Å². The van der Waals surface area contributed by atoms with E-state index in [1.807, 2.05) is 106 Å². The van der Waals surface area contributed by atoms with E-state index in [1.165, 1.54) is 0 Å². The van der Waals surface area contributed by atoms with Crippen LogP contribution in [0.25, 0.3) is 0 Å². The maximum absolute atomic E-state index is 13.6. The fourth-order valence-corrected chi connectivity index (χ4v) is 4.41. The molecule has 210 valence electrons. The lowest BCUT2D eigenvalue weighted by Crippen LogP contribution is -2.56. The van der Waals surface area contributed by atoms with E-state index in [0.717, 1.165) is 22.6 Å². The van der Waals surface area contributed by atoms with Gasteiger partial charge in [-0.2, -0.15) is 0 Å². The molecule has 1 heterocycles. The zero-order chi connectivity index (χ0) is 28.4. The van der Waals surface area contributed by atoms with Crippen molar-refractivity contribution in [3.63, 3.8) is 0 Å². The highest BCUT2D eigenvalue weighted by molar-refractivity contribution is 5.90. The van der Waals surface area contributed by atoms with Crippen LogP contribution in [0.4, 0.5) is 0 Å². The van der Waals surface area contributed by atoms with Crippen LogP contribution in [0, 0.1) is 5.92 Å². The lowest BCUT2D eigenvalue weighted by molar-refractivity contribution is -0.132. The summed E-state index contributed by atoms with van der Waals surface area (Å²) < 4.78 is 5.91. The summed E-state index contributed by atoms with van der Waals surface area (Å²) in [7, 11) is 1.95. The fourth-order valence-electron chi connectivity index (χ4n) is 4.41. The lowest BCUT2D eigenvalue weighted by atomic mass is 9.99. The normalized spacial score (nSPS) is 13.2. The molecule has 0 aliphatic rings. The first kappa shape index (κ1) is 30.0. The second-order valence-electron chi connectivity index (χ2n) is 11.7. The van der Waals surface area contributed by atoms with Gasteiger partial charge in [0.2, 0.25) is 11.8 Å². The number of hydrogen-bond acceptors (Lipinski definition) is 4. The van der Waals surface area contributed by atoms with Gasteiger partial charge >= 0.3 is 0 Å². The van der Waals surface area contributed by atoms with Crippen molar-refractivity contribution in [2.24, 2.45) is 5.92 Å². The van der Waals surface area contributed by atoms with Crippen molar-refractivity contribution in [3.8, 4) is 5.75 Å². The molecule has 2 aromatic carbocycles. The van der Waals surface area contributed by atoms with Crippen LogP contribution in [0.3, 0.4) is 0 Å². The van der Waals surface area contributed by atoms with Crippen LogP contribution in [0.5, 0.6) is 5.75 Å². The summed E-state index contributed by atoms with van der Waals surface area (Å²) in [5, 5.41) is 6.12. The van der Waals surface area contributed by atoms with E-state index < -0.39 is 11.6 Å². The average Bonchev–Trinajstić information content (AvgIpc) is 3.39. The molecule has 1 aromatic heterocycles. The monoisotopic (exact) mass is 532 g/mol. The molecule has 0 unspecified atom stereocenters. The van der Waals surface area contributed by atoms with Crippen LogP contribution in [-0.4, -0.2) is 46.4 Å².